The van der Waals surface area contributed by atoms with Crippen molar-refractivity contribution >= 4 is 11.9 Å². The second-order valence-electron chi connectivity index (χ2n) is 3.38. The summed E-state index contributed by atoms with van der Waals surface area (Å²) in [7, 11) is 0. The lowest BCUT2D eigenvalue weighted by Crippen LogP contribution is -2.40. The highest BCUT2D eigenvalue weighted by molar-refractivity contribution is 5.78. The fraction of sp³-hybridized carbons (Fsp3) is 0.778. The Kier molecular flexibility index (Phi) is 4.05. The first kappa shape index (κ1) is 11.9. The Morgan fingerprint density at radius 1 is 1.07 bits per heavy atom. The standard InChI is InChI=1S/C9H14O6/c10-7-3-4-9(12,13)8(11)15-6-2-1-5-14-7/h12-13H,1-6H2. The van der Waals surface area contributed by atoms with Gasteiger partial charge < -0.3 is 19.7 Å². The van der Waals surface area contributed by atoms with Gasteiger partial charge in [-0.15, -0.1) is 0 Å². The molecule has 6 heteroatoms. The lowest BCUT2D eigenvalue weighted by atomic mass is 10.1. The molecule has 0 aliphatic carbocycles. The number of carbonyl (C=O) groups excluding carboxylic acids is 2. The molecule has 15 heavy (non-hydrogen) atoms. The molecule has 6 nitrogen and oxygen atoms in total. The maximum atomic E-state index is 11.1. The highest BCUT2D eigenvalue weighted by Gasteiger charge is 2.35. The van der Waals surface area contributed by atoms with Crippen LogP contribution in [0.1, 0.15) is 25.7 Å². The molecule has 0 amide bonds. The summed E-state index contributed by atoms with van der Waals surface area (Å²) in [6, 6.07) is 0. The molecule has 1 heterocycles. The van der Waals surface area contributed by atoms with Gasteiger partial charge in [-0.2, -0.15) is 0 Å². The van der Waals surface area contributed by atoms with E-state index in [9.17, 15) is 19.8 Å². The van der Waals surface area contributed by atoms with Gasteiger partial charge in [-0.25, -0.2) is 4.79 Å². The molecule has 1 aliphatic rings. The molecule has 1 fully saturated rings. The molecule has 1 aliphatic heterocycles. The number of cyclic esters (lactones) is 2. The van der Waals surface area contributed by atoms with Crippen molar-refractivity contribution in [3.63, 3.8) is 0 Å². The monoisotopic (exact) mass is 218 g/mol. The van der Waals surface area contributed by atoms with Crippen molar-refractivity contribution in [2.75, 3.05) is 13.2 Å². The van der Waals surface area contributed by atoms with Crippen molar-refractivity contribution < 1.29 is 29.3 Å². The molecule has 0 radical (unpaired) electrons. The second kappa shape index (κ2) is 5.09. The van der Waals surface area contributed by atoms with E-state index in [-0.39, 0.29) is 19.6 Å². The van der Waals surface area contributed by atoms with Crippen LogP contribution in [0.2, 0.25) is 0 Å². The van der Waals surface area contributed by atoms with E-state index in [4.69, 9.17) is 4.74 Å². The van der Waals surface area contributed by atoms with Crippen LogP contribution in [0.15, 0.2) is 0 Å². The van der Waals surface area contributed by atoms with Crippen LogP contribution in [0.25, 0.3) is 0 Å². The third-order valence-corrected chi connectivity index (χ3v) is 2.04. The van der Waals surface area contributed by atoms with Gasteiger partial charge in [0.2, 0.25) is 0 Å². The largest absolute Gasteiger partial charge is 0.466 e. The van der Waals surface area contributed by atoms with Gasteiger partial charge in [0, 0.05) is 6.42 Å². The lowest BCUT2D eigenvalue weighted by molar-refractivity contribution is -0.212. The number of carbonyl (C=O) groups is 2. The second-order valence-corrected chi connectivity index (χ2v) is 3.38. The van der Waals surface area contributed by atoms with Crippen molar-refractivity contribution in [1.82, 2.24) is 0 Å². The topological polar surface area (TPSA) is 93.1 Å². The minimum Gasteiger partial charge on any atom is -0.466 e. The number of ether oxygens (including phenoxy) is 2. The third kappa shape index (κ3) is 3.85. The Hall–Kier alpha value is -1.14. The van der Waals surface area contributed by atoms with E-state index in [0.717, 1.165) is 0 Å². The van der Waals surface area contributed by atoms with Gasteiger partial charge in [0.25, 0.3) is 5.79 Å². The molecular weight excluding hydrogens is 204 g/mol. The molecule has 1 saturated heterocycles. The molecule has 86 valence electrons. The van der Waals surface area contributed by atoms with Gasteiger partial charge in [-0.05, 0) is 12.8 Å². The molecule has 2 N–H and O–H groups in total. The molecule has 0 saturated carbocycles. The smallest absolute Gasteiger partial charge is 0.366 e. The normalized spacial score (nSPS) is 23.6. The first-order valence-electron chi connectivity index (χ1n) is 4.80. The van der Waals surface area contributed by atoms with Gasteiger partial charge in [-0.3, -0.25) is 4.79 Å². The quantitative estimate of drug-likeness (QED) is 0.413. The van der Waals surface area contributed by atoms with Crippen molar-refractivity contribution in [3.8, 4) is 0 Å². The summed E-state index contributed by atoms with van der Waals surface area (Å²) in [5.74, 6) is -4.25. The molecule has 0 spiro atoms. The fourth-order valence-electron chi connectivity index (χ4n) is 1.12. The SMILES string of the molecule is O=C1CCC(O)(O)C(=O)OCCCCO1. The Bertz CT molecular complexity index is 247. The van der Waals surface area contributed by atoms with Crippen molar-refractivity contribution in [3.05, 3.63) is 0 Å². The van der Waals surface area contributed by atoms with Crippen LogP contribution < -0.4 is 0 Å². The number of esters is 2. The van der Waals surface area contributed by atoms with Crippen molar-refractivity contribution in [1.29, 1.82) is 0 Å². The van der Waals surface area contributed by atoms with Gasteiger partial charge in [-0.1, -0.05) is 0 Å². The molecule has 0 atom stereocenters. The minimum absolute atomic E-state index is 0.0965. The Morgan fingerprint density at radius 2 is 1.67 bits per heavy atom. The maximum Gasteiger partial charge on any atom is 0.366 e. The van der Waals surface area contributed by atoms with Crippen LogP contribution in [0, 0.1) is 0 Å². The molecule has 0 aromatic carbocycles. The molecule has 0 bridgehead atoms. The van der Waals surface area contributed by atoms with E-state index in [1.165, 1.54) is 0 Å². The van der Waals surface area contributed by atoms with Crippen LogP contribution in [0.5, 0.6) is 0 Å². The average Bonchev–Trinajstić information content (AvgIpc) is 2.20. The van der Waals surface area contributed by atoms with Crippen molar-refractivity contribution in [2.45, 2.75) is 31.5 Å². The zero-order chi connectivity index (χ0) is 11.3. The summed E-state index contributed by atoms with van der Waals surface area (Å²) in [6.07, 6.45) is 0.477. The zero-order valence-electron chi connectivity index (χ0n) is 8.27. The molecular formula is C9H14O6. The summed E-state index contributed by atoms with van der Waals surface area (Å²) in [5.41, 5.74) is 0. The summed E-state index contributed by atoms with van der Waals surface area (Å²) >= 11 is 0. The number of hydrogen-bond acceptors (Lipinski definition) is 6. The fourth-order valence-corrected chi connectivity index (χ4v) is 1.12. The van der Waals surface area contributed by atoms with E-state index in [1.807, 2.05) is 0 Å². The minimum atomic E-state index is -2.59. The molecule has 0 aromatic rings. The molecule has 0 unspecified atom stereocenters. The first-order valence-corrected chi connectivity index (χ1v) is 4.80. The van der Waals surface area contributed by atoms with E-state index < -0.39 is 24.1 Å². The lowest BCUT2D eigenvalue weighted by Gasteiger charge is -2.18. The Morgan fingerprint density at radius 3 is 2.33 bits per heavy atom. The summed E-state index contributed by atoms with van der Waals surface area (Å²) < 4.78 is 9.39. The van der Waals surface area contributed by atoms with Crippen molar-refractivity contribution in [2.24, 2.45) is 0 Å². The van der Waals surface area contributed by atoms with Gasteiger partial charge >= 0.3 is 11.9 Å². The Labute approximate surface area is 86.8 Å². The van der Waals surface area contributed by atoms with Gasteiger partial charge in [0.1, 0.15) is 0 Å². The third-order valence-electron chi connectivity index (χ3n) is 2.04. The maximum absolute atomic E-state index is 11.1. The predicted molar refractivity (Wildman–Crippen MR) is 47.6 cm³/mol. The average molecular weight is 218 g/mol. The summed E-state index contributed by atoms with van der Waals surface area (Å²) in [4.78, 5) is 22.1. The predicted octanol–water partition coefficient (Wildman–Crippen LogP) is -0.672. The summed E-state index contributed by atoms with van der Waals surface area (Å²) in [6.45, 7) is 0.361. The van der Waals surface area contributed by atoms with Crippen LogP contribution >= 0.6 is 0 Å². The van der Waals surface area contributed by atoms with Crippen LogP contribution in [-0.4, -0.2) is 41.2 Å². The zero-order valence-corrected chi connectivity index (χ0v) is 8.27. The number of rotatable bonds is 0. The van der Waals surface area contributed by atoms with E-state index in [0.29, 0.717) is 12.8 Å². The van der Waals surface area contributed by atoms with Crippen LogP contribution in [-0.2, 0) is 19.1 Å². The van der Waals surface area contributed by atoms with Gasteiger partial charge in [0.15, 0.2) is 0 Å². The van der Waals surface area contributed by atoms with E-state index >= 15 is 0 Å². The van der Waals surface area contributed by atoms with Gasteiger partial charge in [0.05, 0.1) is 19.6 Å². The summed E-state index contributed by atoms with van der Waals surface area (Å²) in [5, 5.41) is 18.5. The molecule has 1 rings (SSSR count). The van der Waals surface area contributed by atoms with Crippen LogP contribution in [0.3, 0.4) is 0 Å². The number of aliphatic hydroxyl groups is 2. The Balaban J connectivity index is 2.59. The van der Waals surface area contributed by atoms with E-state index in [2.05, 4.69) is 4.74 Å². The first-order chi connectivity index (χ1) is 7.02. The highest BCUT2D eigenvalue weighted by Crippen LogP contribution is 2.13. The molecule has 0 aromatic heterocycles. The number of hydrogen-bond donors (Lipinski definition) is 2. The van der Waals surface area contributed by atoms with E-state index in [1.54, 1.807) is 0 Å². The highest BCUT2D eigenvalue weighted by atomic mass is 16.6. The van der Waals surface area contributed by atoms with Crippen LogP contribution in [0.4, 0.5) is 0 Å².